The Kier molecular flexibility index (Phi) is 2.82. The second-order valence-corrected chi connectivity index (χ2v) is 4.46. The summed E-state index contributed by atoms with van der Waals surface area (Å²) in [6, 6.07) is 7.64. The molecule has 1 aromatic carbocycles. The number of nitrogens with one attached hydrogen (secondary N) is 1. The predicted molar refractivity (Wildman–Crippen MR) is 62.4 cm³/mol. The third-order valence-electron chi connectivity index (χ3n) is 3.02. The molecule has 1 amide bonds. The van der Waals surface area contributed by atoms with Gasteiger partial charge in [0.2, 0.25) is 5.91 Å². The number of hydrogen-bond acceptors (Lipinski definition) is 3. The fourth-order valence-electron chi connectivity index (χ4n) is 1.86. The number of carbonyl (C=O) groups excluding carboxylic acids is 1. The Bertz CT molecular complexity index is 405. The Morgan fingerprint density at radius 2 is 1.76 bits per heavy atom. The van der Waals surface area contributed by atoms with Gasteiger partial charge in [-0.2, -0.15) is 0 Å². The van der Waals surface area contributed by atoms with Crippen molar-refractivity contribution >= 4 is 11.6 Å². The number of rotatable bonds is 3. The first-order chi connectivity index (χ1) is 8.33. The molecule has 1 aliphatic carbocycles. The molecule has 1 heterocycles. The quantitative estimate of drug-likeness (QED) is 0.869. The summed E-state index contributed by atoms with van der Waals surface area (Å²) in [6.07, 6.45) is 1.80. The largest absolute Gasteiger partial charge is 0.346 e. The van der Waals surface area contributed by atoms with E-state index in [1.165, 1.54) is 0 Å². The zero-order chi connectivity index (χ0) is 11.7. The smallest absolute Gasteiger partial charge is 0.227 e. The standard InChI is InChI=1S/C13H15NO3/c15-12(9-1-2-9)14-11-5-3-10(4-6-11)13-16-7-8-17-13/h3-6,9,13H,1-2,7-8H2,(H,14,15). The number of benzene rings is 1. The van der Waals surface area contributed by atoms with Crippen molar-refractivity contribution in [2.24, 2.45) is 5.92 Å². The molecule has 0 spiro atoms. The van der Waals surface area contributed by atoms with Crippen LogP contribution in [0.2, 0.25) is 0 Å². The average molecular weight is 233 g/mol. The maximum atomic E-state index is 11.6. The van der Waals surface area contributed by atoms with Crippen molar-refractivity contribution in [2.45, 2.75) is 19.1 Å². The second-order valence-electron chi connectivity index (χ2n) is 4.46. The van der Waals surface area contributed by atoms with Gasteiger partial charge in [0.25, 0.3) is 0 Å². The number of anilines is 1. The molecule has 2 fully saturated rings. The Hall–Kier alpha value is -1.39. The van der Waals surface area contributed by atoms with Crippen molar-refractivity contribution in [1.82, 2.24) is 0 Å². The number of amides is 1. The van der Waals surface area contributed by atoms with Gasteiger partial charge in [0, 0.05) is 17.2 Å². The van der Waals surface area contributed by atoms with E-state index in [1.807, 2.05) is 24.3 Å². The summed E-state index contributed by atoms with van der Waals surface area (Å²) in [6.45, 7) is 1.29. The highest BCUT2D eigenvalue weighted by molar-refractivity contribution is 5.93. The summed E-state index contributed by atoms with van der Waals surface area (Å²) >= 11 is 0. The van der Waals surface area contributed by atoms with Crippen molar-refractivity contribution in [2.75, 3.05) is 18.5 Å². The molecule has 0 aromatic heterocycles. The molecule has 17 heavy (non-hydrogen) atoms. The SMILES string of the molecule is O=C(Nc1ccc(C2OCCO2)cc1)C1CC1. The van der Waals surface area contributed by atoms with E-state index in [4.69, 9.17) is 9.47 Å². The van der Waals surface area contributed by atoms with E-state index in [9.17, 15) is 4.79 Å². The third kappa shape index (κ3) is 2.48. The lowest BCUT2D eigenvalue weighted by Gasteiger charge is -2.10. The van der Waals surface area contributed by atoms with Gasteiger partial charge in [-0.05, 0) is 25.0 Å². The van der Waals surface area contributed by atoms with E-state index >= 15 is 0 Å². The van der Waals surface area contributed by atoms with Gasteiger partial charge in [0.15, 0.2) is 6.29 Å². The minimum absolute atomic E-state index is 0.131. The van der Waals surface area contributed by atoms with Crippen LogP contribution in [0.4, 0.5) is 5.69 Å². The van der Waals surface area contributed by atoms with Crippen LogP contribution in [0.15, 0.2) is 24.3 Å². The van der Waals surface area contributed by atoms with Gasteiger partial charge >= 0.3 is 0 Å². The van der Waals surface area contributed by atoms with E-state index in [0.717, 1.165) is 24.1 Å². The summed E-state index contributed by atoms with van der Waals surface area (Å²) in [5, 5.41) is 2.90. The predicted octanol–water partition coefficient (Wildman–Crippen LogP) is 2.08. The maximum Gasteiger partial charge on any atom is 0.227 e. The van der Waals surface area contributed by atoms with Crippen molar-refractivity contribution in [3.8, 4) is 0 Å². The molecule has 1 aliphatic heterocycles. The molecule has 0 atom stereocenters. The zero-order valence-electron chi connectivity index (χ0n) is 9.52. The molecule has 2 aliphatic rings. The van der Waals surface area contributed by atoms with Crippen LogP contribution in [0, 0.1) is 5.92 Å². The van der Waals surface area contributed by atoms with Crippen LogP contribution in [0.5, 0.6) is 0 Å². The van der Waals surface area contributed by atoms with Crippen molar-refractivity contribution in [3.05, 3.63) is 29.8 Å². The number of hydrogen-bond donors (Lipinski definition) is 1. The van der Waals surface area contributed by atoms with E-state index in [-0.39, 0.29) is 18.1 Å². The van der Waals surface area contributed by atoms with Crippen LogP contribution >= 0.6 is 0 Å². The van der Waals surface area contributed by atoms with Gasteiger partial charge in [-0.15, -0.1) is 0 Å². The molecule has 1 saturated heterocycles. The lowest BCUT2D eigenvalue weighted by molar-refractivity contribution is -0.117. The minimum atomic E-state index is -0.247. The fraction of sp³-hybridized carbons (Fsp3) is 0.462. The van der Waals surface area contributed by atoms with Gasteiger partial charge in [-0.3, -0.25) is 4.79 Å². The third-order valence-corrected chi connectivity index (χ3v) is 3.02. The lowest BCUT2D eigenvalue weighted by atomic mass is 10.2. The van der Waals surface area contributed by atoms with E-state index in [0.29, 0.717) is 13.2 Å². The first-order valence-corrected chi connectivity index (χ1v) is 5.97. The molecular formula is C13H15NO3. The first kappa shape index (κ1) is 10.7. The van der Waals surface area contributed by atoms with Crippen molar-refractivity contribution in [3.63, 3.8) is 0 Å². The Morgan fingerprint density at radius 1 is 1.12 bits per heavy atom. The summed E-state index contributed by atoms with van der Waals surface area (Å²) in [5.74, 6) is 0.363. The van der Waals surface area contributed by atoms with Crippen LogP contribution in [0.25, 0.3) is 0 Å². The van der Waals surface area contributed by atoms with E-state index in [2.05, 4.69) is 5.32 Å². The molecule has 4 heteroatoms. The fourth-order valence-corrected chi connectivity index (χ4v) is 1.86. The van der Waals surface area contributed by atoms with E-state index in [1.54, 1.807) is 0 Å². The van der Waals surface area contributed by atoms with Gasteiger partial charge < -0.3 is 14.8 Å². The molecule has 3 rings (SSSR count). The molecular weight excluding hydrogens is 218 g/mol. The number of carbonyl (C=O) groups is 1. The normalized spacial score (nSPS) is 20.5. The molecule has 4 nitrogen and oxygen atoms in total. The molecule has 1 saturated carbocycles. The summed E-state index contributed by atoms with van der Waals surface area (Å²) in [5.41, 5.74) is 1.83. The minimum Gasteiger partial charge on any atom is -0.346 e. The van der Waals surface area contributed by atoms with Gasteiger partial charge in [-0.25, -0.2) is 0 Å². The molecule has 0 bridgehead atoms. The second kappa shape index (κ2) is 4.47. The van der Waals surface area contributed by atoms with Crippen LogP contribution in [0.3, 0.4) is 0 Å². The van der Waals surface area contributed by atoms with Gasteiger partial charge in [-0.1, -0.05) is 12.1 Å². The van der Waals surface area contributed by atoms with Crippen LogP contribution in [-0.2, 0) is 14.3 Å². The first-order valence-electron chi connectivity index (χ1n) is 5.97. The highest BCUT2D eigenvalue weighted by Gasteiger charge is 2.29. The lowest BCUT2D eigenvalue weighted by Crippen LogP contribution is -2.13. The summed E-state index contributed by atoms with van der Waals surface area (Å²) < 4.78 is 10.8. The Morgan fingerprint density at radius 3 is 2.35 bits per heavy atom. The number of ether oxygens (including phenoxy) is 2. The summed E-state index contributed by atoms with van der Waals surface area (Å²) in [4.78, 5) is 11.6. The molecule has 1 aromatic rings. The van der Waals surface area contributed by atoms with Crippen molar-refractivity contribution < 1.29 is 14.3 Å². The van der Waals surface area contributed by atoms with Gasteiger partial charge in [0.05, 0.1) is 13.2 Å². The highest BCUT2D eigenvalue weighted by Crippen LogP contribution is 2.30. The molecule has 0 unspecified atom stereocenters. The van der Waals surface area contributed by atoms with Crippen LogP contribution < -0.4 is 5.32 Å². The van der Waals surface area contributed by atoms with Crippen molar-refractivity contribution in [1.29, 1.82) is 0 Å². The molecule has 0 radical (unpaired) electrons. The average Bonchev–Trinajstić information content (AvgIpc) is 3.07. The molecule has 1 N–H and O–H groups in total. The topological polar surface area (TPSA) is 47.6 Å². The Balaban J connectivity index is 1.64. The monoisotopic (exact) mass is 233 g/mol. The highest BCUT2D eigenvalue weighted by atomic mass is 16.7. The summed E-state index contributed by atoms with van der Waals surface area (Å²) in [7, 11) is 0. The Labute approximate surface area is 99.9 Å². The van der Waals surface area contributed by atoms with Crippen LogP contribution in [0.1, 0.15) is 24.7 Å². The molecule has 90 valence electrons. The van der Waals surface area contributed by atoms with Gasteiger partial charge in [0.1, 0.15) is 0 Å². The maximum absolute atomic E-state index is 11.6. The van der Waals surface area contributed by atoms with Crippen LogP contribution in [-0.4, -0.2) is 19.1 Å². The van der Waals surface area contributed by atoms with E-state index < -0.39 is 0 Å². The zero-order valence-corrected chi connectivity index (χ0v) is 9.52.